The van der Waals surface area contributed by atoms with E-state index in [0.717, 1.165) is 5.56 Å². The van der Waals surface area contributed by atoms with Gasteiger partial charge in [0.1, 0.15) is 6.04 Å². The van der Waals surface area contributed by atoms with Gasteiger partial charge in [-0.3, -0.25) is 24.5 Å². The Morgan fingerprint density at radius 1 is 1.27 bits per heavy atom. The fourth-order valence-corrected chi connectivity index (χ4v) is 3.62. The first-order chi connectivity index (χ1) is 14.3. The molecule has 1 atom stereocenters. The lowest BCUT2D eigenvalue weighted by molar-refractivity contribution is -0.153. The first kappa shape index (κ1) is 22.9. The van der Waals surface area contributed by atoms with E-state index in [4.69, 9.17) is 9.90 Å². The SMILES string of the molecule is CCNC(=O)C1(Cc2ccccc2)CN(C(=O)CC[C@@H]2NC(=O)NC2=O)C1.O=CO. The van der Waals surface area contributed by atoms with Gasteiger partial charge in [-0.2, -0.15) is 0 Å². The van der Waals surface area contributed by atoms with Crippen molar-refractivity contribution < 1.29 is 29.1 Å². The molecule has 10 heteroatoms. The maximum Gasteiger partial charge on any atom is 0.322 e. The first-order valence-electron chi connectivity index (χ1n) is 9.64. The minimum Gasteiger partial charge on any atom is -0.483 e. The Hall–Kier alpha value is -3.43. The third kappa shape index (κ3) is 5.56. The van der Waals surface area contributed by atoms with Crippen molar-refractivity contribution in [2.24, 2.45) is 5.41 Å². The summed E-state index contributed by atoms with van der Waals surface area (Å²) < 4.78 is 0. The van der Waals surface area contributed by atoms with Crippen LogP contribution in [0.15, 0.2) is 30.3 Å². The number of rotatable bonds is 7. The van der Waals surface area contributed by atoms with Gasteiger partial charge in [0.15, 0.2) is 0 Å². The molecule has 0 radical (unpaired) electrons. The summed E-state index contributed by atoms with van der Waals surface area (Å²) in [4.78, 5) is 57.7. The number of benzene rings is 1. The van der Waals surface area contributed by atoms with Crippen LogP contribution < -0.4 is 16.0 Å². The fraction of sp³-hybridized carbons (Fsp3) is 0.450. The number of hydrogen-bond donors (Lipinski definition) is 4. The highest BCUT2D eigenvalue weighted by molar-refractivity contribution is 6.04. The van der Waals surface area contributed by atoms with E-state index in [1.54, 1.807) is 4.90 Å². The third-order valence-corrected chi connectivity index (χ3v) is 5.05. The van der Waals surface area contributed by atoms with E-state index in [9.17, 15) is 19.2 Å². The number of amides is 5. The largest absolute Gasteiger partial charge is 0.483 e. The molecule has 10 nitrogen and oxygen atoms in total. The summed E-state index contributed by atoms with van der Waals surface area (Å²) in [7, 11) is 0. The molecule has 2 heterocycles. The number of nitrogens with one attached hydrogen (secondary N) is 3. The number of hydrogen-bond acceptors (Lipinski definition) is 5. The van der Waals surface area contributed by atoms with Crippen molar-refractivity contribution in [3.63, 3.8) is 0 Å². The van der Waals surface area contributed by atoms with E-state index in [1.807, 2.05) is 37.3 Å². The molecule has 2 fully saturated rings. The van der Waals surface area contributed by atoms with E-state index >= 15 is 0 Å². The molecule has 1 aromatic rings. The van der Waals surface area contributed by atoms with Gasteiger partial charge >= 0.3 is 6.03 Å². The van der Waals surface area contributed by atoms with Crippen LogP contribution in [0.25, 0.3) is 0 Å². The molecule has 5 amide bonds. The number of imide groups is 1. The van der Waals surface area contributed by atoms with Crippen LogP contribution in [0.1, 0.15) is 25.3 Å². The van der Waals surface area contributed by atoms with E-state index < -0.39 is 23.4 Å². The van der Waals surface area contributed by atoms with Crippen molar-refractivity contribution in [1.82, 2.24) is 20.9 Å². The van der Waals surface area contributed by atoms with Gasteiger partial charge in [0, 0.05) is 26.1 Å². The molecule has 162 valence electrons. The van der Waals surface area contributed by atoms with Gasteiger partial charge in [0.05, 0.1) is 5.41 Å². The summed E-state index contributed by atoms with van der Waals surface area (Å²) in [6, 6.07) is 8.56. The molecule has 0 aromatic heterocycles. The number of urea groups is 1. The number of carbonyl (C=O) groups is 5. The average Bonchev–Trinajstić information content (AvgIpc) is 3.01. The fourth-order valence-electron chi connectivity index (χ4n) is 3.62. The quantitative estimate of drug-likeness (QED) is 0.359. The number of carbonyl (C=O) groups excluding carboxylic acids is 4. The van der Waals surface area contributed by atoms with Crippen molar-refractivity contribution in [3.8, 4) is 0 Å². The third-order valence-electron chi connectivity index (χ3n) is 5.05. The zero-order valence-electron chi connectivity index (χ0n) is 16.7. The van der Waals surface area contributed by atoms with Gasteiger partial charge in [-0.25, -0.2) is 4.79 Å². The van der Waals surface area contributed by atoms with Gasteiger partial charge < -0.3 is 20.6 Å². The van der Waals surface area contributed by atoms with Gasteiger partial charge in [0.25, 0.3) is 12.4 Å². The molecular weight excluding hydrogens is 392 g/mol. The van der Waals surface area contributed by atoms with Crippen molar-refractivity contribution in [2.45, 2.75) is 32.2 Å². The predicted molar refractivity (Wildman–Crippen MR) is 106 cm³/mol. The first-order valence-corrected chi connectivity index (χ1v) is 9.64. The van der Waals surface area contributed by atoms with Crippen LogP contribution >= 0.6 is 0 Å². The highest BCUT2D eigenvalue weighted by Crippen LogP contribution is 2.35. The Morgan fingerprint density at radius 2 is 1.90 bits per heavy atom. The van der Waals surface area contributed by atoms with Crippen molar-refractivity contribution in [3.05, 3.63) is 35.9 Å². The van der Waals surface area contributed by atoms with Crippen molar-refractivity contribution >= 4 is 30.2 Å². The van der Waals surface area contributed by atoms with Crippen LogP contribution in [0.5, 0.6) is 0 Å². The Balaban J connectivity index is 0.00000101. The summed E-state index contributed by atoms with van der Waals surface area (Å²) in [5.74, 6) is -0.561. The lowest BCUT2D eigenvalue weighted by atomic mass is 9.73. The summed E-state index contributed by atoms with van der Waals surface area (Å²) >= 11 is 0. The van der Waals surface area contributed by atoms with E-state index in [-0.39, 0.29) is 31.1 Å². The van der Waals surface area contributed by atoms with Crippen LogP contribution in [-0.2, 0) is 25.6 Å². The molecule has 0 unspecified atom stereocenters. The smallest absolute Gasteiger partial charge is 0.322 e. The molecule has 0 bridgehead atoms. The molecule has 1 aromatic carbocycles. The van der Waals surface area contributed by atoms with Crippen molar-refractivity contribution in [2.75, 3.05) is 19.6 Å². The maximum absolute atomic E-state index is 12.6. The topological polar surface area (TPSA) is 145 Å². The summed E-state index contributed by atoms with van der Waals surface area (Å²) in [6.45, 7) is 2.88. The predicted octanol–water partition coefficient (Wildman–Crippen LogP) is -0.117. The monoisotopic (exact) mass is 418 g/mol. The second-order valence-corrected chi connectivity index (χ2v) is 7.21. The molecule has 2 aliphatic rings. The summed E-state index contributed by atoms with van der Waals surface area (Å²) in [6.07, 6.45) is 0.972. The highest BCUT2D eigenvalue weighted by Gasteiger charge is 2.50. The van der Waals surface area contributed by atoms with Gasteiger partial charge in [-0.15, -0.1) is 0 Å². The second-order valence-electron chi connectivity index (χ2n) is 7.21. The second kappa shape index (κ2) is 10.4. The van der Waals surface area contributed by atoms with E-state index in [1.165, 1.54) is 0 Å². The Bertz CT molecular complexity index is 792. The number of likely N-dealkylation sites (tertiary alicyclic amines) is 1. The summed E-state index contributed by atoms with van der Waals surface area (Å²) in [5, 5.41) is 14.4. The van der Waals surface area contributed by atoms with Crippen molar-refractivity contribution in [1.29, 1.82) is 0 Å². The molecule has 30 heavy (non-hydrogen) atoms. The lowest BCUT2D eigenvalue weighted by Crippen LogP contribution is -2.65. The number of carboxylic acid groups (broad SMARTS) is 1. The Kier molecular flexibility index (Phi) is 7.90. The highest BCUT2D eigenvalue weighted by atomic mass is 16.3. The normalized spacial score (nSPS) is 18.8. The van der Waals surface area contributed by atoms with Crippen LogP contribution in [-0.4, -0.2) is 65.9 Å². The zero-order chi connectivity index (χ0) is 22.1. The van der Waals surface area contributed by atoms with E-state index in [0.29, 0.717) is 26.1 Å². The standard InChI is InChI=1S/C19H24N4O4.CH2O2/c1-2-20-17(26)19(10-13-6-4-3-5-7-13)11-23(12-19)15(24)9-8-14-16(25)22-18(27)21-14;2-1-3/h3-7,14H,2,8-12H2,1H3,(H,20,26)(H2,21,22,25,27);1H,(H,2,3)/t14-;/m0./s1. The Labute approximate surface area is 174 Å². The summed E-state index contributed by atoms with van der Waals surface area (Å²) in [5.41, 5.74) is 0.438. The van der Waals surface area contributed by atoms with Crippen LogP contribution in [0.3, 0.4) is 0 Å². The minimum atomic E-state index is -0.666. The van der Waals surface area contributed by atoms with Gasteiger partial charge in [-0.05, 0) is 25.3 Å². The zero-order valence-corrected chi connectivity index (χ0v) is 16.7. The molecule has 2 aliphatic heterocycles. The molecular formula is C20H26N4O6. The maximum atomic E-state index is 12.6. The molecule has 4 N–H and O–H groups in total. The molecule has 2 saturated heterocycles. The Morgan fingerprint density at radius 3 is 2.43 bits per heavy atom. The lowest BCUT2D eigenvalue weighted by Gasteiger charge is -2.49. The van der Waals surface area contributed by atoms with Crippen LogP contribution in [0, 0.1) is 5.41 Å². The average molecular weight is 418 g/mol. The molecule has 0 saturated carbocycles. The molecule has 0 aliphatic carbocycles. The van der Waals surface area contributed by atoms with E-state index in [2.05, 4.69) is 16.0 Å². The van der Waals surface area contributed by atoms with Crippen LogP contribution in [0.2, 0.25) is 0 Å². The van der Waals surface area contributed by atoms with Gasteiger partial charge in [0.2, 0.25) is 11.8 Å². The molecule has 3 rings (SSSR count). The van der Waals surface area contributed by atoms with Crippen LogP contribution in [0.4, 0.5) is 4.79 Å². The molecule has 0 spiro atoms. The van der Waals surface area contributed by atoms with Gasteiger partial charge in [-0.1, -0.05) is 30.3 Å². The number of nitrogens with zero attached hydrogens (tertiary/aromatic N) is 1. The minimum absolute atomic E-state index is 0.0414.